The van der Waals surface area contributed by atoms with Gasteiger partial charge in [0.25, 0.3) is 0 Å². The molecule has 0 fully saturated rings. The first-order chi connectivity index (χ1) is 11.8. The highest BCUT2D eigenvalue weighted by atomic mass is 127. The minimum atomic E-state index is -3.21. The highest BCUT2D eigenvalue weighted by Crippen LogP contribution is 2.23. The van der Waals surface area contributed by atoms with E-state index in [2.05, 4.69) is 20.3 Å². The van der Waals surface area contributed by atoms with Crippen molar-refractivity contribution in [1.82, 2.24) is 15.4 Å². The van der Waals surface area contributed by atoms with Gasteiger partial charge in [-0.2, -0.15) is 0 Å². The van der Waals surface area contributed by atoms with Crippen LogP contribution in [0.15, 0.2) is 23.2 Å². The van der Waals surface area contributed by atoms with Crippen molar-refractivity contribution in [3.63, 3.8) is 0 Å². The molecule has 0 spiro atoms. The molecule has 1 aromatic rings. The van der Waals surface area contributed by atoms with Gasteiger partial charge in [-0.25, -0.2) is 13.1 Å². The van der Waals surface area contributed by atoms with Crippen LogP contribution in [0, 0.1) is 0 Å². The average Bonchev–Trinajstić information content (AvgIpc) is 2.55. The van der Waals surface area contributed by atoms with Crippen molar-refractivity contribution in [2.75, 3.05) is 31.9 Å². The van der Waals surface area contributed by atoms with Crippen molar-refractivity contribution in [3.8, 4) is 0 Å². The summed E-state index contributed by atoms with van der Waals surface area (Å²) in [5, 5.41) is 17.1. The van der Waals surface area contributed by atoms with E-state index in [1.807, 2.05) is 6.92 Å². The van der Waals surface area contributed by atoms with Crippen LogP contribution in [0.1, 0.15) is 25.5 Å². The van der Waals surface area contributed by atoms with E-state index in [-0.39, 0.29) is 42.8 Å². The molecule has 4 N–H and O–H groups in total. The monoisotopic (exact) mass is 538 g/mol. The number of aliphatic hydroxyl groups excluding tert-OH is 1. The fourth-order valence-corrected chi connectivity index (χ4v) is 3.04. The highest BCUT2D eigenvalue weighted by Gasteiger charge is 2.10. The SMILES string of the molecule is CCNC(=NCC(O)c1cc(Cl)cc(Cl)c1)NCCNS(=O)(=O)CC.I. The number of guanidine groups is 1. The molecule has 0 aliphatic rings. The lowest BCUT2D eigenvalue weighted by molar-refractivity contribution is 0.187. The predicted molar refractivity (Wildman–Crippen MR) is 118 cm³/mol. The number of aliphatic imine (C=N–C) groups is 1. The Morgan fingerprint density at radius 2 is 1.77 bits per heavy atom. The van der Waals surface area contributed by atoms with Crippen molar-refractivity contribution < 1.29 is 13.5 Å². The van der Waals surface area contributed by atoms with Gasteiger partial charge in [0.05, 0.1) is 18.4 Å². The van der Waals surface area contributed by atoms with Gasteiger partial charge in [0.1, 0.15) is 0 Å². The molecule has 0 aliphatic carbocycles. The van der Waals surface area contributed by atoms with E-state index >= 15 is 0 Å². The third-order valence-corrected chi connectivity index (χ3v) is 5.00. The third kappa shape index (κ3) is 10.1. The molecule has 0 bridgehead atoms. The van der Waals surface area contributed by atoms with Crippen LogP contribution in [0.2, 0.25) is 10.0 Å². The van der Waals surface area contributed by atoms with E-state index < -0.39 is 16.1 Å². The van der Waals surface area contributed by atoms with Crippen LogP contribution in [0.25, 0.3) is 0 Å². The Hall–Kier alpha value is -0.330. The number of aliphatic hydroxyl groups is 1. The third-order valence-electron chi connectivity index (χ3n) is 3.16. The molecule has 0 saturated heterocycles. The summed E-state index contributed by atoms with van der Waals surface area (Å²) >= 11 is 11.9. The normalized spacial score (nSPS) is 13.0. The summed E-state index contributed by atoms with van der Waals surface area (Å²) in [6.45, 7) is 4.82. The zero-order chi connectivity index (χ0) is 18.9. The Bertz CT molecular complexity index is 669. The van der Waals surface area contributed by atoms with Crippen LogP contribution < -0.4 is 15.4 Å². The average molecular weight is 539 g/mol. The molecular formula is C15H25Cl2IN4O3S. The largest absolute Gasteiger partial charge is 0.386 e. The first-order valence-corrected chi connectivity index (χ1v) is 10.3. The summed E-state index contributed by atoms with van der Waals surface area (Å²) in [6, 6.07) is 4.85. The van der Waals surface area contributed by atoms with Crippen LogP contribution in [0.5, 0.6) is 0 Å². The van der Waals surface area contributed by atoms with Crippen LogP contribution in [-0.4, -0.2) is 51.4 Å². The number of nitrogens with zero attached hydrogens (tertiary/aromatic N) is 1. The summed E-state index contributed by atoms with van der Waals surface area (Å²) in [6.07, 6.45) is -0.856. The molecule has 7 nitrogen and oxygen atoms in total. The molecule has 1 unspecified atom stereocenters. The number of hydrogen-bond acceptors (Lipinski definition) is 4. The maximum atomic E-state index is 11.4. The zero-order valence-electron chi connectivity index (χ0n) is 14.6. The minimum absolute atomic E-state index is 0. The van der Waals surface area contributed by atoms with Gasteiger partial charge in [0.2, 0.25) is 10.0 Å². The topological polar surface area (TPSA) is 103 Å². The second-order valence-corrected chi connectivity index (χ2v) is 8.13. The second-order valence-electron chi connectivity index (χ2n) is 5.16. The summed E-state index contributed by atoms with van der Waals surface area (Å²) in [7, 11) is -3.21. The fraction of sp³-hybridized carbons (Fsp3) is 0.533. The lowest BCUT2D eigenvalue weighted by Gasteiger charge is -2.14. The van der Waals surface area contributed by atoms with E-state index in [4.69, 9.17) is 23.2 Å². The molecule has 150 valence electrons. The molecule has 1 rings (SSSR count). The molecule has 1 aromatic carbocycles. The molecule has 0 radical (unpaired) electrons. The van der Waals surface area contributed by atoms with Crippen molar-refractivity contribution in [1.29, 1.82) is 0 Å². The number of sulfonamides is 1. The second kappa shape index (κ2) is 12.9. The Morgan fingerprint density at radius 3 is 2.31 bits per heavy atom. The standard InChI is InChI=1S/C15H24Cl2N4O3S.HI/c1-3-18-15(19-5-6-21-25(23,24)4-2)20-10-14(22)11-7-12(16)9-13(17)8-11;/h7-9,14,21-22H,3-6,10H2,1-2H3,(H2,18,19,20);1H. The zero-order valence-corrected chi connectivity index (χ0v) is 19.3. The molecule has 0 aromatic heterocycles. The summed E-state index contributed by atoms with van der Waals surface area (Å²) in [5.41, 5.74) is 0.577. The van der Waals surface area contributed by atoms with Crippen LogP contribution in [0.3, 0.4) is 0 Å². The lowest BCUT2D eigenvalue weighted by Crippen LogP contribution is -2.42. The van der Waals surface area contributed by atoms with E-state index in [9.17, 15) is 13.5 Å². The Kier molecular flexibility index (Phi) is 12.8. The van der Waals surface area contributed by atoms with E-state index in [1.165, 1.54) is 0 Å². The lowest BCUT2D eigenvalue weighted by atomic mass is 10.1. The number of halogens is 3. The molecule has 0 aliphatic heterocycles. The van der Waals surface area contributed by atoms with Crippen molar-refractivity contribution in [2.45, 2.75) is 20.0 Å². The maximum absolute atomic E-state index is 11.4. The van der Waals surface area contributed by atoms with Crippen molar-refractivity contribution in [2.24, 2.45) is 4.99 Å². The Morgan fingerprint density at radius 1 is 1.15 bits per heavy atom. The van der Waals surface area contributed by atoms with Gasteiger partial charge in [-0.3, -0.25) is 4.99 Å². The molecule has 0 heterocycles. The van der Waals surface area contributed by atoms with E-state index in [1.54, 1.807) is 25.1 Å². The van der Waals surface area contributed by atoms with Gasteiger partial charge in [-0.05, 0) is 37.6 Å². The number of nitrogens with one attached hydrogen (secondary N) is 3. The minimum Gasteiger partial charge on any atom is -0.386 e. The summed E-state index contributed by atoms with van der Waals surface area (Å²) in [5.74, 6) is 0.514. The Labute approximate surface area is 182 Å². The highest BCUT2D eigenvalue weighted by molar-refractivity contribution is 14.0. The van der Waals surface area contributed by atoms with Crippen molar-refractivity contribution >= 4 is 63.2 Å². The van der Waals surface area contributed by atoms with Crippen LogP contribution in [0.4, 0.5) is 0 Å². The summed E-state index contributed by atoms with van der Waals surface area (Å²) in [4.78, 5) is 4.28. The first kappa shape index (κ1) is 25.7. The quantitative estimate of drug-likeness (QED) is 0.167. The Balaban J connectivity index is 0.00000625. The number of rotatable bonds is 9. The maximum Gasteiger partial charge on any atom is 0.211 e. The van der Waals surface area contributed by atoms with Crippen LogP contribution >= 0.6 is 47.2 Å². The first-order valence-electron chi connectivity index (χ1n) is 7.91. The molecule has 1 atom stereocenters. The molecule has 0 amide bonds. The number of hydrogen-bond donors (Lipinski definition) is 4. The molecule has 0 saturated carbocycles. The summed E-state index contributed by atoms with van der Waals surface area (Å²) < 4.78 is 25.2. The van der Waals surface area contributed by atoms with Gasteiger partial charge < -0.3 is 15.7 Å². The smallest absolute Gasteiger partial charge is 0.211 e. The molecule has 26 heavy (non-hydrogen) atoms. The predicted octanol–water partition coefficient (Wildman–Crippen LogP) is 2.14. The molecule has 11 heteroatoms. The van der Waals surface area contributed by atoms with Gasteiger partial charge in [0.15, 0.2) is 5.96 Å². The van der Waals surface area contributed by atoms with Gasteiger partial charge in [-0.1, -0.05) is 23.2 Å². The van der Waals surface area contributed by atoms with Gasteiger partial charge >= 0.3 is 0 Å². The van der Waals surface area contributed by atoms with Gasteiger partial charge in [0, 0.05) is 29.7 Å². The fourth-order valence-electron chi connectivity index (χ4n) is 1.88. The van der Waals surface area contributed by atoms with Gasteiger partial charge in [-0.15, -0.1) is 24.0 Å². The number of benzene rings is 1. The van der Waals surface area contributed by atoms with E-state index in [0.717, 1.165) is 0 Å². The van der Waals surface area contributed by atoms with E-state index in [0.29, 0.717) is 34.7 Å². The molecular weight excluding hydrogens is 514 g/mol. The van der Waals surface area contributed by atoms with Crippen molar-refractivity contribution in [3.05, 3.63) is 33.8 Å². The van der Waals surface area contributed by atoms with Crippen LogP contribution in [-0.2, 0) is 10.0 Å².